The molecule has 0 aliphatic heterocycles. The van der Waals surface area contributed by atoms with Gasteiger partial charge in [-0.05, 0) is 38.5 Å². The number of unbranched alkanes of at least 4 members (excludes halogenated alkanes) is 27. The van der Waals surface area contributed by atoms with Crippen LogP contribution in [0.15, 0.2) is 24.3 Å². The summed E-state index contributed by atoms with van der Waals surface area (Å²) in [6.07, 6.45) is 46.0. The highest BCUT2D eigenvalue weighted by Gasteiger charge is 2.23. The summed E-state index contributed by atoms with van der Waals surface area (Å²) in [4.78, 5) is 25.0. The van der Waals surface area contributed by atoms with E-state index in [1.807, 2.05) is 27.2 Å². The van der Waals surface area contributed by atoms with E-state index in [9.17, 15) is 19.4 Å². The maximum absolute atomic E-state index is 12.7. The van der Waals surface area contributed by atoms with Crippen molar-refractivity contribution in [3.05, 3.63) is 24.3 Å². The van der Waals surface area contributed by atoms with Gasteiger partial charge in [0, 0.05) is 6.42 Å². The van der Waals surface area contributed by atoms with E-state index in [1.165, 1.54) is 154 Å². The molecule has 0 bridgehead atoms. The zero-order valence-electron chi connectivity index (χ0n) is 36.9. The summed E-state index contributed by atoms with van der Waals surface area (Å²) in [7, 11) is 1.26. The fourth-order valence-electron chi connectivity index (χ4n) is 6.66. The summed E-state index contributed by atoms with van der Waals surface area (Å²) in [6.45, 7) is 4.49. The average molecular weight is 799 g/mol. The smallest absolute Gasteiger partial charge is 0.268 e. The van der Waals surface area contributed by atoms with E-state index < -0.39 is 20.0 Å². The number of rotatable bonds is 42. The number of amides is 1. The molecule has 55 heavy (non-hydrogen) atoms. The molecule has 0 heterocycles. The first-order valence-electron chi connectivity index (χ1n) is 23.2. The molecule has 0 aromatic heterocycles. The summed E-state index contributed by atoms with van der Waals surface area (Å²) in [5.41, 5.74) is 0. The van der Waals surface area contributed by atoms with Gasteiger partial charge in [-0.15, -0.1) is 0 Å². The van der Waals surface area contributed by atoms with Crippen LogP contribution in [0.5, 0.6) is 0 Å². The molecule has 0 fully saturated rings. The van der Waals surface area contributed by atoms with Gasteiger partial charge >= 0.3 is 0 Å². The maximum Gasteiger partial charge on any atom is 0.268 e. The topological polar surface area (TPSA) is 108 Å². The van der Waals surface area contributed by atoms with Crippen molar-refractivity contribution in [3.8, 4) is 0 Å². The lowest BCUT2D eigenvalue weighted by Crippen LogP contribution is -2.45. The first-order valence-corrected chi connectivity index (χ1v) is 24.7. The zero-order chi connectivity index (χ0) is 40.7. The highest BCUT2D eigenvalue weighted by atomic mass is 31.2. The fraction of sp³-hybridized carbons (Fsp3) is 0.891. The SMILES string of the molecule is CCCC/C=C/C(O)C(COP(=O)([O-])OCC[N+](C)(C)C)NC(=O)CCCCCCCCCCCCCCCCCCC/C=C\CCCCCCCCCC. The number of hydrogen-bond donors (Lipinski definition) is 2. The van der Waals surface area contributed by atoms with Crippen LogP contribution in [0.2, 0.25) is 0 Å². The number of phosphoric acid groups is 1. The first kappa shape index (κ1) is 54.0. The maximum atomic E-state index is 12.7. The van der Waals surface area contributed by atoms with E-state index in [2.05, 4.69) is 31.3 Å². The number of nitrogens with zero attached hydrogens (tertiary/aromatic N) is 1. The number of aliphatic hydroxyl groups is 1. The standard InChI is InChI=1S/C46H91N2O6P/c1-6-8-10-12-13-14-15-16-17-18-19-20-21-22-23-24-25-26-27-28-29-30-31-32-33-34-35-36-38-40-46(50)47-44(45(49)39-37-11-9-7-2)43-54-55(51,52)53-42-41-48(3,4)5/h18-19,37,39,44-45,49H,6-17,20-36,38,40-43H2,1-5H3,(H-,47,50,51,52)/b19-18-,39-37+. The second kappa shape index (κ2) is 38.5. The number of phosphoric ester groups is 1. The molecule has 3 atom stereocenters. The molecule has 1 amide bonds. The lowest BCUT2D eigenvalue weighted by atomic mass is 10.0. The van der Waals surface area contributed by atoms with Crippen molar-refractivity contribution in [2.24, 2.45) is 0 Å². The van der Waals surface area contributed by atoms with Crippen LogP contribution in [0.3, 0.4) is 0 Å². The molecule has 9 heteroatoms. The van der Waals surface area contributed by atoms with E-state index in [1.54, 1.807) is 6.08 Å². The van der Waals surface area contributed by atoms with E-state index in [0.717, 1.165) is 38.5 Å². The molecule has 0 aliphatic rings. The summed E-state index contributed by atoms with van der Waals surface area (Å²) in [5, 5.41) is 13.5. The van der Waals surface area contributed by atoms with Gasteiger partial charge in [0.1, 0.15) is 13.2 Å². The van der Waals surface area contributed by atoms with Crippen LogP contribution in [0.4, 0.5) is 0 Å². The molecule has 326 valence electrons. The van der Waals surface area contributed by atoms with Crippen LogP contribution in [0, 0.1) is 0 Å². The van der Waals surface area contributed by atoms with Crippen LogP contribution >= 0.6 is 7.82 Å². The van der Waals surface area contributed by atoms with Crippen molar-refractivity contribution in [3.63, 3.8) is 0 Å². The molecule has 0 saturated carbocycles. The van der Waals surface area contributed by atoms with Crippen LogP contribution in [0.25, 0.3) is 0 Å². The average Bonchev–Trinajstić information content (AvgIpc) is 3.13. The quantitative estimate of drug-likeness (QED) is 0.0276. The number of quaternary nitrogens is 1. The molecule has 0 aromatic rings. The van der Waals surface area contributed by atoms with Gasteiger partial charge < -0.3 is 28.8 Å². The molecule has 8 nitrogen and oxygen atoms in total. The van der Waals surface area contributed by atoms with Gasteiger partial charge in [-0.2, -0.15) is 0 Å². The minimum absolute atomic E-state index is 0.000790. The summed E-state index contributed by atoms with van der Waals surface area (Å²) in [5.74, 6) is -0.205. The summed E-state index contributed by atoms with van der Waals surface area (Å²) in [6, 6.07) is -0.878. The molecule has 2 N–H and O–H groups in total. The van der Waals surface area contributed by atoms with E-state index in [-0.39, 0.29) is 19.1 Å². The lowest BCUT2D eigenvalue weighted by Gasteiger charge is -2.29. The van der Waals surface area contributed by atoms with Crippen LogP contribution in [0.1, 0.15) is 213 Å². The fourth-order valence-corrected chi connectivity index (χ4v) is 7.39. The zero-order valence-corrected chi connectivity index (χ0v) is 37.8. The van der Waals surface area contributed by atoms with Gasteiger partial charge in [0.15, 0.2) is 0 Å². The van der Waals surface area contributed by atoms with Gasteiger partial charge in [0.25, 0.3) is 7.82 Å². The number of likely N-dealkylation sites (N-methyl/N-ethyl adjacent to an activating group) is 1. The third kappa shape index (κ3) is 41.0. The van der Waals surface area contributed by atoms with Crippen molar-refractivity contribution in [1.29, 1.82) is 0 Å². The molecule has 0 aromatic carbocycles. The second-order valence-electron chi connectivity index (χ2n) is 17.1. The van der Waals surface area contributed by atoms with Crippen molar-refractivity contribution in [1.82, 2.24) is 5.32 Å². The minimum atomic E-state index is -4.56. The van der Waals surface area contributed by atoms with Crippen LogP contribution < -0.4 is 10.2 Å². The summed E-state index contributed by atoms with van der Waals surface area (Å²) >= 11 is 0. The van der Waals surface area contributed by atoms with E-state index >= 15 is 0 Å². The summed E-state index contributed by atoms with van der Waals surface area (Å²) < 4.78 is 22.9. The predicted molar refractivity (Wildman–Crippen MR) is 233 cm³/mol. The Labute approximate surface area is 341 Å². The van der Waals surface area contributed by atoms with Crippen molar-refractivity contribution in [2.45, 2.75) is 225 Å². The van der Waals surface area contributed by atoms with E-state index in [0.29, 0.717) is 17.4 Å². The number of nitrogens with one attached hydrogen (secondary N) is 1. The largest absolute Gasteiger partial charge is 0.756 e. The highest BCUT2D eigenvalue weighted by molar-refractivity contribution is 7.45. The Morgan fingerprint density at radius 1 is 0.618 bits per heavy atom. The molecule has 0 spiro atoms. The lowest BCUT2D eigenvalue weighted by molar-refractivity contribution is -0.870. The first-order chi connectivity index (χ1) is 26.5. The Hall–Kier alpha value is -1.02. The Bertz CT molecular complexity index is 953. The second-order valence-corrected chi connectivity index (χ2v) is 18.5. The molecule has 0 saturated heterocycles. The Morgan fingerprint density at radius 3 is 1.45 bits per heavy atom. The Balaban J connectivity index is 3.82. The van der Waals surface area contributed by atoms with Gasteiger partial charge in [-0.3, -0.25) is 9.36 Å². The normalized spacial score (nSPS) is 14.5. The predicted octanol–water partition coefficient (Wildman–Crippen LogP) is 12.3. The molecule has 0 radical (unpaired) electrons. The number of aliphatic hydroxyl groups excluding tert-OH is 1. The Kier molecular flexibility index (Phi) is 37.8. The van der Waals surface area contributed by atoms with Crippen LogP contribution in [-0.2, 0) is 18.4 Å². The monoisotopic (exact) mass is 799 g/mol. The third-order valence-corrected chi connectivity index (χ3v) is 11.4. The van der Waals surface area contributed by atoms with Gasteiger partial charge in [0.2, 0.25) is 5.91 Å². The minimum Gasteiger partial charge on any atom is -0.756 e. The van der Waals surface area contributed by atoms with Gasteiger partial charge in [0.05, 0.1) is 39.9 Å². The molecular weight excluding hydrogens is 707 g/mol. The third-order valence-electron chi connectivity index (χ3n) is 10.4. The van der Waals surface area contributed by atoms with E-state index in [4.69, 9.17) is 9.05 Å². The molecule has 0 rings (SSSR count). The molecule has 0 aliphatic carbocycles. The van der Waals surface area contributed by atoms with Gasteiger partial charge in [-0.25, -0.2) is 0 Å². The number of allylic oxidation sites excluding steroid dienone is 3. The Morgan fingerprint density at radius 2 is 1.02 bits per heavy atom. The number of carbonyl (C=O) groups is 1. The highest BCUT2D eigenvalue weighted by Crippen LogP contribution is 2.38. The van der Waals surface area contributed by atoms with Gasteiger partial charge in [-0.1, -0.05) is 192 Å². The van der Waals surface area contributed by atoms with Crippen LogP contribution in [-0.4, -0.2) is 68.5 Å². The number of hydrogen-bond acceptors (Lipinski definition) is 6. The van der Waals surface area contributed by atoms with Crippen molar-refractivity contribution >= 4 is 13.7 Å². The molecule has 3 unspecified atom stereocenters. The van der Waals surface area contributed by atoms with Crippen molar-refractivity contribution in [2.75, 3.05) is 40.9 Å². The van der Waals surface area contributed by atoms with Crippen molar-refractivity contribution < 1.29 is 32.9 Å². The number of carbonyl (C=O) groups excluding carboxylic acids is 1. The molecular formula is C46H91N2O6P.